The Hall–Kier alpha value is -2.37. The minimum atomic E-state index is -0.713. The number of nitrogens with zero attached hydrogens (tertiary/aromatic N) is 3. The van der Waals surface area contributed by atoms with Crippen molar-refractivity contribution >= 4 is 11.0 Å². The van der Waals surface area contributed by atoms with E-state index in [9.17, 15) is 13.2 Å². The Kier molecular flexibility index (Phi) is 2.54. The third-order valence-corrected chi connectivity index (χ3v) is 3.59. The molecule has 106 valence electrons. The van der Waals surface area contributed by atoms with Crippen LogP contribution in [0.25, 0.3) is 22.4 Å². The first-order valence-electron chi connectivity index (χ1n) is 6.61. The number of hydrogen-bond acceptors (Lipinski definition) is 2. The van der Waals surface area contributed by atoms with Crippen LogP contribution in [0.1, 0.15) is 18.9 Å². The normalized spacial score (nSPS) is 14.8. The standard InChI is InChI=1S/C15H10F3N3/c16-9-4-12(18)14-13(5-9)21(11-1-2-11)15(20-14)8-3-10(17)7-19-6-8/h3-7,11H,1-2H2. The molecule has 0 aliphatic heterocycles. The lowest BCUT2D eigenvalue weighted by Gasteiger charge is -2.07. The van der Waals surface area contributed by atoms with Gasteiger partial charge in [-0.25, -0.2) is 18.2 Å². The van der Waals surface area contributed by atoms with Crippen molar-refractivity contribution in [3.05, 3.63) is 48.0 Å². The van der Waals surface area contributed by atoms with Gasteiger partial charge in [0.1, 0.15) is 23.0 Å². The van der Waals surface area contributed by atoms with Crippen LogP contribution in [0.5, 0.6) is 0 Å². The molecule has 1 aliphatic carbocycles. The molecule has 1 saturated carbocycles. The van der Waals surface area contributed by atoms with E-state index in [4.69, 9.17) is 0 Å². The Morgan fingerprint density at radius 3 is 2.52 bits per heavy atom. The van der Waals surface area contributed by atoms with E-state index in [-0.39, 0.29) is 11.6 Å². The number of pyridine rings is 1. The first-order valence-corrected chi connectivity index (χ1v) is 6.61. The molecule has 0 amide bonds. The average Bonchev–Trinajstić information content (AvgIpc) is 3.19. The molecule has 2 aromatic heterocycles. The van der Waals surface area contributed by atoms with Crippen LogP contribution >= 0.6 is 0 Å². The first kappa shape index (κ1) is 12.4. The van der Waals surface area contributed by atoms with Crippen molar-refractivity contribution in [1.82, 2.24) is 14.5 Å². The summed E-state index contributed by atoms with van der Waals surface area (Å²) in [6, 6.07) is 3.51. The van der Waals surface area contributed by atoms with Crippen LogP contribution in [-0.2, 0) is 0 Å². The second kappa shape index (κ2) is 4.31. The summed E-state index contributed by atoms with van der Waals surface area (Å²) in [7, 11) is 0. The van der Waals surface area contributed by atoms with E-state index in [1.165, 1.54) is 18.3 Å². The van der Waals surface area contributed by atoms with E-state index in [1.807, 2.05) is 0 Å². The molecule has 4 rings (SSSR count). The van der Waals surface area contributed by atoms with Crippen LogP contribution in [-0.4, -0.2) is 14.5 Å². The van der Waals surface area contributed by atoms with Gasteiger partial charge < -0.3 is 4.57 Å². The maximum Gasteiger partial charge on any atom is 0.153 e. The highest BCUT2D eigenvalue weighted by Crippen LogP contribution is 2.41. The zero-order chi connectivity index (χ0) is 14.6. The molecular formula is C15H10F3N3. The van der Waals surface area contributed by atoms with Crippen LogP contribution < -0.4 is 0 Å². The highest BCUT2D eigenvalue weighted by molar-refractivity contribution is 5.81. The SMILES string of the molecule is Fc1cncc(-c2nc3c(F)cc(F)cc3n2C2CC2)c1. The summed E-state index contributed by atoms with van der Waals surface area (Å²) in [5.41, 5.74) is 0.953. The molecular weight excluding hydrogens is 279 g/mol. The second-order valence-corrected chi connectivity index (χ2v) is 5.18. The van der Waals surface area contributed by atoms with Crippen LogP contribution in [0.3, 0.4) is 0 Å². The summed E-state index contributed by atoms with van der Waals surface area (Å²) in [5, 5.41) is 0. The molecule has 0 N–H and O–H groups in total. The van der Waals surface area contributed by atoms with Gasteiger partial charge in [-0.05, 0) is 25.0 Å². The quantitative estimate of drug-likeness (QED) is 0.717. The van der Waals surface area contributed by atoms with E-state index >= 15 is 0 Å². The van der Waals surface area contributed by atoms with Crippen molar-refractivity contribution < 1.29 is 13.2 Å². The minimum absolute atomic E-state index is 0.0996. The molecule has 2 heterocycles. The monoisotopic (exact) mass is 289 g/mol. The van der Waals surface area contributed by atoms with E-state index in [0.29, 0.717) is 16.9 Å². The highest BCUT2D eigenvalue weighted by atomic mass is 19.1. The molecule has 0 bridgehead atoms. The van der Waals surface area contributed by atoms with Crippen molar-refractivity contribution in [3.8, 4) is 11.4 Å². The zero-order valence-electron chi connectivity index (χ0n) is 10.9. The van der Waals surface area contributed by atoms with Crippen molar-refractivity contribution in [2.24, 2.45) is 0 Å². The summed E-state index contributed by atoms with van der Waals surface area (Å²) in [5.74, 6) is -1.43. The van der Waals surface area contributed by atoms with Crippen LogP contribution in [0.15, 0.2) is 30.6 Å². The summed E-state index contributed by atoms with van der Waals surface area (Å²) < 4.78 is 42.5. The van der Waals surface area contributed by atoms with Crippen LogP contribution in [0.4, 0.5) is 13.2 Å². The number of rotatable bonds is 2. The first-order chi connectivity index (χ1) is 10.1. The van der Waals surface area contributed by atoms with E-state index in [1.54, 1.807) is 4.57 Å². The maximum atomic E-state index is 13.9. The molecule has 1 aromatic carbocycles. The van der Waals surface area contributed by atoms with Gasteiger partial charge >= 0.3 is 0 Å². The fourth-order valence-corrected chi connectivity index (χ4v) is 2.56. The fraction of sp³-hybridized carbons (Fsp3) is 0.200. The molecule has 3 nitrogen and oxygen atoms in total. The van der Waals surface area contributed by atoms with E-state index < -0.39 is 17.5 Å². The number of imidazole rings is 1. The maximum absolute atomic E-state index is 13.9. The highest BCUT2D eigenvalue weighted by Gasteiger charge is 2.30. The Morgan fingerprint density at radius 2 is 1.81 bits per heavy atom. The predicted molar refractivity (Wildman–Crippen MR) is 71.1 cm³/mol. The summed E-state index contributed by atoms with van der Waals surface area (Å²) in [6.45, 7) is 0. The average molecular weight is 289 g/mol. The Labute approximate surface area is 118 Å². The topological polar surface area (TPSA) is 30.7 Å². The summed E-state index contributed by atoms with van der Waals surface area (Å²) >= 11 is 0. The predicted octanol–water partition coefficient (Wildman–Crippen LogP) is 3.85. The van der Waals surface area contributed by atoms with Crippen LogP contribution in [0, 0.1) is 17.5 Å². The van der Waals surface area contributed by atoms with E-state index in [2.05, 4.69) is 9.97 Å². The number of benzene rings is 1. The molecule has 0 radical (unpaired) electrons. The third kappa shape index (κ3) is 1.98. The van der Waals surface area contributed by atoms with Gasteiger partial charge in [0.2, 0.25) is 0 Å². The smallest absolute Gasteiger partial charge is 0.153 e. The largest absolute Gasteiger partial charge is 0.321 e. The molecule has 1 fully saturated rings. The lowest BCUT2D eigenvalue weighted by Crippen LogP contribution is -1.98. The number of fused-ring (bicyclic) bond motifs is 1. The zero-order valence-corrected chi connectivity index (χ0v) is 10.9. The molecule has 0 saturated heterocycles. The molecule has 6 heteroatoms. The third-order valence-electron chi connectivity index (χ3n) is 3.59. The molecule has 0 spiro atoms. The molecule has 21 heavy (non-hydrogen) atoms. The van der Waals surface area contributed by atoms with E-state index in [0.717, 1.165) is 25.1 Å². The van der Waals surface area contributed by atoms with Gasteiger partial charge in [0.05, 0.1) is 11.7 Å². The van der Waals surface area contributed by atoms with Crippen molar-refractivity contribution in [2.45, 2.75) is 18.9 Å². The van der Waals surface area contributed by atoms with Crippen molar-refractivity contribution in [2.75, 3.05) is 0 Å². The molecule has 0 unspecified atom stereocenters. The second-order valence-electron chi connectivity index (χ2n) is 5.18. The number of aromatic nitrogens is 3. The Bertz CT molecular complexity index is 853. The molecule has 3 aromatic rings. The fourth-order valence-electron chi connectivity index (χ4n) is 2.56. The lowest BCUT2D eigenvalue weighted by molar-refractivity contribution is 0.590. The minimum Gasteiger partial charge on any atom is -0.321 e. The summed E-state index contributed by atoms with van der Waals surface area (Å²) in [6.07, 6.45) is 4.39. The molecule has 0 atom stereocenters. The Morgan fingerprint density at radius 1 is 1.00 bits per heavy atom. The summed E-state index contributed by atoms with van der Waals surface area (Å²) in [4.78, 5) is 8.04. The van der Waals surface area contributed by atoms with Gasteiger partial charge in [-0.15, -0.1) is 0 Å². The van der Waals surface area contributed by atoms with Crippen molar-refractivity contribution in [3.63, 3.8) is 0 Å². The van der Waals surface area contributed by atoms with Crippen LogP contribution in [0.2, 0.25) is 0 Å². The van der Waals surface area contributed by atoms with Gasteiger partial charge in [-0.3, -0.25) is 4.98 Å². The van der Waals surface area contributed by atoms with Crippen molar-refractivity contribution in [1.29, 1.82) is 0 Å². The van der Waals surface area contributed by atoms with Gasteiger partial charge in [0.15, 0.2) is 5.82 Å². The van der Waals surface area contributed by atoms with Gasteiger partial charge in [0.25, 0.3) is 0 Å². The molecule has 1 aliphatic rings. The van der Waals surface area contributed by atoms with Gasteiger partial charge in [-0.2, -0.15) is 0 Å². The lowest BCUT2D eigenvalue weighted by atomic mass is 10.2. The number of halogens is 3. The Balaban J connectivity index is 2.04. The van der Waals surface area contributed by atoms with Gasteiger partial charge in [0, 0.05) is 23.9 Å². The number of hydrogen-bond donors (Lipinski definition) is 0. The van der Waals surface area contributed by atoms with Gasteiger partial charge in [-0.1, -0.05) is 0 Å².